The summed E-state index contributed by atoms with van der Waals surface area (Å²) in [5, 5.41) is 3.57. The van der Waals surface area contributed by atoms with Crippen molar-refractivity contribution in [3.63, 3.8) is 0 Å². The molecule has 0 N–H and O–H groups in total. The van der Waals surface area contributed by atoms with Crippen molar-refractivity contribution < 1.29 is 24.0 Å². The van der Waals surface area contributed by atoms with Crippen molar-refractivity contribution in [3.8, 4) is 0 Å². The summed E-state index contributed by atoms with van der Waals surface area (Å²) < 4.78 is 5.51. The third kappa shape index (κ3) is 6.15. The van der Waals surface area contributed by atoms with Gasteiger partial charge in [0.2, 0.25) is 0 Å². The fourth-order valence-electron chi connectivity index (χ4n) is 4.23. The molecule has 1 atom stereocenters. The summed E-state index contributed by atoms with van der Waals surface area (Å²) in [7, 11) is 1.46. The highest BCUT2D eigenvalue weighted by molar-refractivity contribution is 7.13. The zero-order chi connectivity index (χ0) is 26.2. The molecule has 1 aliphatic heterocycles. The number of carbonyl (C=O) groups is 3. The number of anilines is 2. The number of likely N-dealkylation sites (tertiary alicyclic amines) is 1. The topological polar surface area (TPSA) is 92.3 Å². The number of hydrogen-bond donors (Lipinski definition) is 0. The molecule has 1 aromatic heterocycles. The van der Waals surface area contributed by atoms with E-state index < -0.39 is 12.1 Å². The first-order chi connectivity index (χ1) is 18.0. The molecule has 2 heterocycles. The molecule has 0 radical (unpaired) electrons. The second-order valence-corrected chi connectivity index (χ2v) is 9.39. The molecule has 1 aliphatic rings. The number of benzene rings is 2. The molecule has 10 heteroatoms. The van der Waals surface area contributed by atoms with Gasteiger partial charge in [-0.15, -0.1) is 11.3 Å². The number of rotatable bonds is 9. The van der Waals surface area contributed by atoms with Gasteiger partial charge in [-0.2, -0.15) is 0 Å². The standard InChI is InChI=1S/C27H30N4O5S/c1-3-16-30(35-2)24(32)21-11-13-22(14-12-21)31(26-28-15-18-37-26)25(33)23-10-7-17-29(23)27(34)36-19-20-8-5-4-6-9-20/h4-6,8-9,11-15,18,23H,3,7,10,16-17,19H2,1-2H3. The summed E-state index contributed by atoms with van der Waals surface area (Å²) in [6, 6.07) is 15.5. The summed E-state index contributed by atoms with van der Waals surface area (Å²) in [6.45, 7) is 3.01. The highest BCUT2D eigenvalue weighted by atomic mass is 32.1. The Bertz CT molecular complexity index is 1190. The third-order valence-electron chi connectivity index (χ3n) is 6.05. The van der Waals surface area contributed by atoms with Crippen molar-refractivity contribution in [2.75, 3.05) is 25.1 Å². The lowest BCUT2D eigenvalue weighted by molar-refractivity contribution is -0.121. The minimum atomic E-state index is -0.679. The third-order valence-corrected chi connectivity index (χ3v) is 6.81. The van der Waals surface area contributed by atoms with Crippen LogP contribution in [0.4, 0.5) is 15.6 Å². The molecule has 4 rings (SSSR count). The maximum atomic E-state index is 13.8. The van der Waals surface area contributed by atoms with Crippen LogP contribution >= 0.6 is 11.3 Å². The molecular formula is C27H30N4O5S. The molecule has 9 nitrogen and oxygen atoms in total. The molecule has 1 fully saturated rings. The van der Waals surface area contributed by atoms with Gasteiger partial charge in [-0.3, -0.25) is 24.2 Å². The maximum Gasteiger partial charge on any atom is 0.410 e. The number of hydroxylamine groups is 2. The predicted molar refractivity (Wildman–Crippen MR) is 140 cm³/mol. The number of hydrogen-bond acceptors (Lipinski definition) is 7. The van der Waals surface area contributed by atoms with Gasteiger partial charge >= 0.3 is 6.09 Å². The van der Waals surface area contributed by atoms with Crippen LogP contribution in [0.3, 0.4) is 0 Å². The second kappa shape index (κ2) is 12.5. The normalized spacial score (nSPS) is 14.9. The fourth-order valence-corrected chi connectivity index (χ4v) is 4.89. The maximum absolute atomic E-state index is 13.8. The molecule has 3 aromatic rings. The largest absolute Gasteiger partial charge is 0.445 e. The van der Waals surface area contributed by atoms with E-state index in [0.29, 0.717) is 42.3 Å². The Morgan fingerprint density at radius 2 is 1.86 bits per heavy atom. The number of nitrogens with zero attached hydrogens (tertiary/aromatic N) is 4. The van der Waals surface area contributed by atoms with Crippen LogP contribution in [0.1, 0.15) is 42.1 Å². The molecule has 0 bridgehead atoms. The van der Waals surface area contributed by atoms with E-state index in [2.05, 4.69) is 4.98 Å². The van der Waals surface area contributed by atoms with Crippen LogP contribution in [-0.2, 0) is 21.0 Å². The second-order valence-electron chi connectivity index (χ2n) is 8.52. The summed E-state index contributed by atoms with van der Waals surface area (Å²) in [6.07, 6.45) is 3.09. The lowest BCUT2D eigenvalue weighted by Gasteiger charge is -2.28. The number of amides is 3. The molecular weight excluding hydrogens is 492 g/mol. The first-order valence-corrected chi connectivity index (χ1v) is 13.1. The molecule has 0 saturated carbocycles. The quantitative estimate of drug-likeness (QED) is 0.366. The minimum Gasteiger partial charge on any atom is -0.445 e. The molecule has 1 unspecified atom stereocenters. The van der Waals surface area contributed by atoms with E-state index in [1.807, 2.05) is 37.3 Å². The average Bonchev–Trinajstić information content (AvgIpc) is 3.64. The number of carbonyl (C=O) groups excluding carboxylic acids is 3. The van der Waals surface area contributed by atoms with E-state index in [4.69, 9.17) is 9.57 Å². The van der Waals surface area contributed by atoms with Gasteiger partial charge in [0.1, 0.15) is 12.6 Å². The van der Waals surface area contributed by atoms with Crippen LogP contribution in [0.15, 0.2) is 66.2 Å². The van der Waals surface area contributed by atoms with Gasteiger partial charge in [-0.1, -0.05) is 37.3 Å². The van der Waals surface area contributed by atoms with Crippen LogP contribution in [0.2, 0.25) is 0 Å². The van der Waals surface area contributed by atoms with Gasteiger partial charge in [-0.05, 0) is 49.1 Å². The van der Waals surface area contributed by atoms with Crippen molar-refractivity contribution in [2.24, 2.45) is 0 Å². The van der Waals surface area contributed by atoms with Crippen LogP contribution in [0, 0.1) is 0 Å². The number of aromatic nitrogens is 1. The molecule has 1 saturated heterocycles. The lowest BCUT2D eigenvalue weighted by atomic mass is 10.1. The fraction of sp³-hybridized carbons (Fsp3) is 0.333. The Morgan fingerprint density at radius 3 is 2.51 bits per heavy atom. The molecule has 0 spiro atoms. The first kappa shape index (κ1) is 26.3. The van der Waals surface area contributed by atoms with Gasteiger partial charge in [0, 0.05) is 30.2 Å². The molecule has 37 heavy (non-hydrogen) atoms. The summed E-state index contributed by atoms with van der Waals surface area (Å²) in [4.78, 5) is 52.0. The smallest absolute Gasteiger partial charge is 0.410 e. The minimum absolute atomic E-state index is 0.138. The van der Waals surface area contributed by atoms with E-state index in [1.165, 1.54) is 33.3 Å². The van der Waals surface area contributed by atoms with Gasteiger partial charge in [0.25, 0.3) is 11.8 Å². The molecule has 194 valence electrons. The Morgan fingerprint density at radius 1 is 1.11 bits per heavy atom. The number of thiazole rings is 1. The zero-order valence-corrected chi connectivity index (χ0v) is 21.7. The highest BCUT2D eigenvalue weighted by Crippen LogP contribution is 2.32. The first-order valence-electron chi connectivity index (χ1n) is 12.2. The molecule has 2 aromatic carbocycles. The van der Waals surface area contributed by atoms with E-state index in [-0.39, 0.29) is 18.4 Å². The Labute approximate surface area is 220 Å². The van der Waals surface area contributed by atoms with Gasteiger partial charge in [-0.25, -0.2) is 14.8 Å². The summed E-state index contributed by atoms with van der Waals surface area (Å²) in [5.41, 5.74) is 1.88. The van der Waals surface area contributed by atoms with E-state index in [0.717, 1.165) is 12.0 Å². The van der Waals surface area contributed by atoms with Crippen molar-refractivity contribution in [1.29, 1.82) is 0 Å². The van der Waals surface area contributed by atoms with Crippen molar-refractivity contribution in [1.82, 2.24) is 14.9 Å². The summed E-state index contributed by atoms with van der Waals surface area (Å²) >= 11 is 1.32. The predicted octanol–water partition coefficient (Wildman–Crippen LogP) is 5.02. The van der Waals surface area contributed by atoms with E-state index in [1.54, 1.807) is 35.8 Å². The van der Waals surface area contributed by atoms with Crippen LogP contribution in [0.5, 0.6) is 0 Å². The van der Waals surface area contributed by atoms with E-state index >= 15 is 0 Å². The summed E-state index contributed by atoms with van der Waals surface area (Å²) in [5.74, 6) is -0.529. The van der Waals surface area contributed by atoms with Crippen LogP contribution in [0.25, 0.3) is 0 Å². The zero-order valence-electron chi connectivity index (χ0n) is 20.9. The molecule has 3 amide bonds. The number of ether oxygens (including phenoxy) is 1. The Hall–Kier alpha value is -3.76. The van der Waals surface area contributed by atoms with Crippen molar-refractivity contribution in [3.05, 3.63) is 77.3 Å². The van der Waals surface area contributed by atoms with Gasteiger partial charge in [0.15, 0.2) is 5.13 Å². The monoisotopic (exact) mass is 522 g/mol. The Balaban J connectivity index is 1.53. The van der Waals surface area contributed by atoms with Gasteiger partial charge < -0.3 is 4.74 Å². The van der Waals surface area contributed by atoms with Crippen LogP contribution < -0.4 is 4.90 Å². The van der Waals surface area contributed by atoms with Crippen LogP contribution in [-0.4, -0.2) is 59.1 Å². The average molecular weight is 523 g/mol. The van der Waals surface area contributed by atoms with Crippen molar-refractivity contribution >= 4 is 40.1 Å². The molecule has 0 aliphatic carbocycles. The van der Waals surface area contributed by atoms with Crippen molar-refractivity contribution in [2.45, 2.75) is 38.8 Å². The highest BCUT2D eigenvalue weighted by Gasteiger charge is 2.39. The van der Waals surface area contributed by atoms with Gasteiger partial charge in [0.05, 0.1) is 12.8 Å². The SMILES string of the molecule is CCCN(OC)C(=O)c1ccc(N(C(=O)C2CCCN2C(=O)OCc2ccccc2)c2nccs2)cc1. The van der Waals surface area contributed by atoms with E-state index in [9.17, 15) is 14.4 Å². The lowest BCUT2D eigenvalue weighted by Crippen LogP contribution is -2.46. The Kier molecular flexibility index (Phi) is 8.86.